The summed E-state index contributed by atoms with van der Waals surface area (Å²) < 4.78 is 0. The Labute approximate surface area is 241 Å². The van der Waals surface area contributed by atoms with Crippen molar-refractivity contribution in [1.82, 2.24) is 0 Å². The molecule has 37 heavy (non-hydrogen) atoms. The summed E-state index contributed by atoms with van der Waals surface area (Å²) >= 11 is 0. The number of benzene rings is 4. The molecule has 0 heterocycles. The number of hydrogen-bond acceptors (Lipinski definition) is 0. The van der Waals surface area contributed by atoms with Crippen LogP contribution in [0.3, 0.4) is 0 Å². The zero-order chi connectivity index (χ0) is 25.2. The van der Waals surface area contributed by atoms with E-state index in [2.05, 4.69) is 78.9 Å². The molecule has 2 saturated carbocycles. The van der Waals surface area contributed by atoms with Gasteiger partial charge in [0.05, 0.1) is 0 Å². The van der Waals surface area contributed by atoms with Crippen molar-refractivity contribution in [2.45, 2.75) is 0 Å². The smallest absolute Gasteiger partial charge is 0.496 e. The van der Waals surface area contributed by atoms with E-state index in [0.29, 0.717) is 0 Å². The van der Waals surface area contributed by atoms with Crippen molar-refractivity contribution in [3.05, 3.63) is 192 Å². The van der Waals surface area contributed by atoms with Gasteiger partial charge in [0.25, 0.3) is 0 Å². The molecule has 0 amide bonds. The van der Waals surface area contributed by atoms with Crippen molar-refractivity contribution in [1.29, 1.82) is 0 Å². The minimum absolute atomic E-state index is 0. The summed E-state index contributed by atoms with van der Waals surface area (Å²) in [6.07, 6.45) is 27.0. The van der Waals surface area contributed by atoms with Gasteiger partial charge in [-0.15, -0.1) is 0 Å². The second kappa shape index (κ2) is 19.0. The second-order valence-corrected chi connectivity index (χ2v) is 10.7. The zero-order valence-corrected chi connectivity index (χ0v) is 23.3. The molecule has 10 radical (unpaired) electrons. The molecule has 0 nitrogen and oxygen atoms in total. The van der Waals surface area contributed by atoms with Gasteiger partial charge in [0, 0.05) is 0 Å². The van der Waals surface area contributed by atoms with Crippen LogP contribution in [0.5, 0.6) is 0 Å². The van der Waals surface area contributed by atoms with E-state index in [1.54, 1.807) is 0 Å². The fourth-order valence-electron chi connectivity index (χ4n) is 3.42. The minimum atomic E-state index is -2.03. The van der Waals surface area contributed by atoms with E-state index in [9.17, 15) is 0 Å². The fourth-order valence-corrected chi connectivity index (χ4v) is 6.24. The molecule has 0 unspecified atom stereocenters. The molecule has 0 bridgehead atoms. The summed E-state index contributed by atoms with van der Waals surface area (Å²) in [5.74, 6) is 0. The van der Waals surface area contributed by atoms with Gasteiger partial charge in [-0.1, -0.05) is 91.0 Å². The molecule has 0 aliphatic heterocycles. The third kappa shape index (κ3) is 11.0. The Morgan fingerprint density at radius 1 is 0.378 bits per heavy atom. The Bertz CT molecular complexity index is 932. The van der Waals surface area contributed by atoms with Crippen LogP contribution in [0, 0.1) is 70.3 Å². The standard InChI is InChI=1S/C19H16P.C6H5.2C5H5.Ti/c1-20(17-11-5-2-6-12-17,18-13-7-3-8-14-18)19-15-9-4-10-16-19;1-2-4-6-5-3-1;2*1-2-4-5-3-1;/h1-16H;1-5H;2*1-5H;/q2*-1;;;+2. The topological polar surface area (TPSA) is 0 Å². The predicted octanol–water partition coefficient (Wildman–Crippen LogP) is 6.82. The summed E-state index contributed by atoms with van der Waals surface area (Å²) in [6.45, 7) is -2.03. The van der Waals surface area contributed by atoms with Gasteiger partial charge in [0.1, 0.15) is 0 Å². The van der Waals surface area contributed by atoms with E-state index < -0.39 is 6.89 Å². The van der Waals surface area contributed by atoms with Crippen LogP contribution in [0.25, 0.3) is 0 Å². The van der Waals surface area contributed by atoms with Crippen LogP contribution < -0.4 is 15.9 Å². The van der Waals surface area contributed by atoms with E-state index in [-0.39, 0.29) is 21.7 Å². The minimum Gasteiger partial charge on any atom is -0.496 e. The number of hydrogen-bond donors (Lipinski definition) is 0. The van der Waals surface area contributed by atoms with Gasteiger partial charge in [-0.05, 0) is 80.1 Å². The first-order chi connectivity index (χ1) is 17.8. The first-order valence-electron chi connectivity index (χ1n) is 11.9. The molecule has 0 saturated heterocycles. The molecule has 2 aliphatic rings. The average Bonchev–Trinajstić information content (AvgIpc) is 3.76. The van der Waals surface area contributed by atoms with Crippen molar-refractivity contribution in [3.8, 4) is 0 Å². The van der Waals surface area contributed by atoms with Crippen LogP contribution in [0.15, 0.2) is 121 Å². The van der Waals surface area contributed by atoms with Gasteiger partial charge >= 0.3 is 21.7 Å². The molecule has 6 rings (SSSR count). The molecule has 4 aromatic rings. The summed E-state index contributed by atoms with van der Waals surface area (Å²) in [5, 5.41) is 3.62. The fraction of sp³-hybridized carbons (Fsp3) is 0. The van der Waals surface area contributed by atoms with Crippen LogP contribution in [-0.2, 0) is 21.7 Å². The Balaban J connectivity index is 0.000000228. The summed E-state index contributed by atoms with van der Waals surface area (Å²) in [4.78, 5) is 0. The van der Waals surface area contributed by atoms with Crippen molar-refractivity contribution in [2.75, 3.05) is 0 Å². The van der Waals surface area contributed by atoms with Gasteiger partial charge in [-0.3, -0.25) is 0 Å². The SMILES string of the molecule is [CH-]=P(c1ccccc1)(c1ccccc1)c1ccccc1.[CH]1[CH][CH][CH][CH]1.[CH]1[CH][CH][CH][CH]1.[Ti+2].[c-]1ccccc1. The molecule has 0 spiro atoms. The largest absolute Gasteiger partial charge is 2.00 e. The maximum Gasteiger partial charge on any atom is 2.00 e. The maximum atomic E-state index is 6.97. The maximum absolute atomic E-state index is 6.97. The molecule has 0 N–H and O–H groups in total. The molecule has 0 aromatic heterocycles. The first-order valence-corrected chi connectivity index (χ1v) is 13.8. The van der Waals surface area contributed by atoms with E-state index in [1.807, 2.05) is 113 Å². The third-order valence-electron chi connectivity index (χ3n) is 5.21. The van der Waals surface area contributed by atoms with Crippen molar-refractivity contribution in [3.63, 3.8) is 0 Å². The van der Waals surface area contributed by atoms with E-state index in [0.717, 1.165) is 0 Å². The van der Waals surface area contributed by atoms with Crippen molar-refractivity contribution >= 4 is 29.1 Å². The Kier molecular flexibility index (Phi) is 16.0. The molecule has 0 atom stereocenters. The van der Waals surface area contributed by atoms with Gasteiger partial charge in [0.15, 0.2) is 0 Å². The molecule has 180 valence electrons. The normalized spacial score (nSPS) is 13.8. The summed E-state index contributed by atoms with van der Waals surface area (Å²) in [6, 6.07) is 43.7. The molecular formula is C35H31PTi. The monoisotopic (exact) mass is 530 g/mol. The second-order valence-electron chi connectivity index (χ2n) is 7.73. The number of rotatable bonds is 3. The van der Waals surface area contributed by atoms with Crippen LogP contribution in [0.4, 0.5) is 0 Å². The van der Waals surface area contributed by atoms with Crippen molar-refractivity contribution in [2.24, 2.45) is 0 Å². The third-order valence-corrected chi connectivity index (χ3v) is 8.55. The van der Waals surface area contributed by atoms with Crippen molar-refractivity contribution < 1.29 is 21.7 Å². The molecule has 2 fully saturated rings. The average molecular weight is 530 g/mol. The van der Waals surface area contributed by atoms with Gasteiger partial charge in [-0.25, -0.2) is 0 Å². The van der Waals surface area contributed by atoms with E-state index in [1.165, 1.54) is 15.9 Å². The zero-order valence-electron chi connectivity index (χ0n) is 20.8. The summed E-state index contributed by atoms with van der Waals surface area (Å²) in [7, 11) is 0. The molecular weight excluding hydrogens is 499 g/mol. The summed E-state index contributed by atoms with van der Waals surface area (Å²) in [5.41, 5.74) is 0. The van der Waals surface area contributed by atoms with Crippen LogP contribution in [0.2, 0.25) is 0 Å². The predicted molar refractivity (Wildman–Crippen MR) is 159 cm³/mol. The Morgan fingerprint density at radius 2 is 0.622 bits per heavy atom. The van der Waals surface area contributed by atoms with Gasteiger partial charge in [0.2, 0.25) is 0 Å². The Hall–Kier alpha value is -2.11. The van der Waals surface area contributed by atoms with Crippen LogP contribution in [-0.4, -0.2) is 6.30 Å². The molecule has 2 heteroatoms. The van der Waals surface area contributed by atoms with E-state index >= 15 is 0 Å². The van der Waals surface area contributed by atoms with Gasteiger partial charge in [-0.2, -0.15) is 43.3 Å². The van der Waals surface area contributed by atoms with Gasteiger partial charge < -0.3 is 6.30 Å². The quantitative estimate of drug-likeness (QED) is 0.155. The molecule has 4 aromatic carbocycles. The van der Waals surface area contributed by atoms with E-state index in [4.69, 9.17) is 6.30 Å². The van der Waals surface area contributed by atoms with Crippen LogP contribution in [0.1, 0.15) is 0 Å². The first kappa shape index (κ1) is 31.1. The van der Waals surface area contributed by atoms with Crippen LogP contribution >= 0.6 is 6.89 Å². The molecule has 2 aliphatic carbocycles. The Morgan fingerprint density at radius 3 is 0.811 bits per heavy atom.